The summed E-state index contributed by atoms with van der Waals surface area (Å²) in [5, 5.41) is 3.63. The molecule has 3 rings (SSSR count). The zero-order chi connectivity index (χ0) is 15.5. The molecule has 0 bridgehead atoms. The lowest BCUT2D eigenvalue weighted by molar-refractivity contribution is 0.330. The first-order valence-electron chi connectivity index (χ1n) is 8.15. The predicted octanol–water partition coefficient (Wildman–Crippen LogP) is 3.80. The molecule has 1 aliphatic carbocycles. The van der Waals surface area contributed by atoms with Gasteiger partial charge in [-0.3, -0.25) is 0 Å². The summed E-state index contributed by atoms with van der Waals surface area (Å²) in [6.45, 7) is 4.03. The Bertz CT molecular complexity index is 590. The van der Waals surface area contributed by atoms with Crippen LogP contribution in [0, 0.1) is 5.92 Å². The van der Waals surface area contributed by atoms with E-state index in [4.69, 9.17) is 4.42 Å². The molecule has 3 atom stereocenters. The SMILES string of the molecule is CC1CC1c1ccc(CNC(CN(C)C)c2ccccc2)o1. The smallest absolute Gasteiger partial charge is 0.117 e. The van der Waals surface area contributed by atoms with E-state index < -0.39 is 0 Å². The zero-order valence-electron chi connectivity index (χ0n) is 13.8. The molecule has 0 radical (unpaired) electrons. The van der Waals surface area contributed by atoms with Crippen LogP contribution in [0.25, 0.3) is 0 Å². The van der Waals surface area contributed by atoms with E-state index in [1.54, 1.807) is 0 Å². The van der Waals surface area contributed by atoms with E-state index in [1.165, 1.54) is 12.0 Å². The Labute approximate surface area is 133 Å². The van der Waals surface area contributed by atoms with Crippen molar-refractivity contribution in [1.82, 2.24) is 10.2 Å². The number of furan rings is 1. The van der Waals surface area contributed by atoms with Gasteiger partial charge < -0.3 is 14.6 Å². The Balaban J connectivity index is 1.62. The van der Waals surface area contributed by atoms with Crippen LogP contribution in [-0.4, -0.2) is 25.5 Å². The second kappa shape index (κ2) is 6.67. The molecule has 22 heavy (non-hydrogen) atoms. The van der Waals surface area contributed by atoms with Gasteiger partial charge in [-0.25, -0.2) is 0 Å². The van der Waals surface area contributed by atoms with E-state index >= 15 is 0 Å². The van der Waals surface area contributed by atoms with Gasteiger partial charge in [-0.05, 0) is 44.1 Å². The minimum atomic E-state index is 0.310. The van der Waals surface area contributed by atoms with E-state index in [0.717, 1.165) is 30.5 Å². The normalized spacial score (nSPS) is 22.0. The molecule has 2 aromatic rings. The highest BCUT2D eigenvalue weighted by Crippen LogP contribution is 2.47. The molecule has 0 spiro atoms. The average molecular weight is 298 g/mol. The summed E-state index contributed by atoms with van der Waals surface area (Å²) in [5.41, 5.74) is 1.32. The van der Waals surface area contributed by atoms with Crippen molar-refractivity contribution < 1.29 is 4.42 Å². The summed E-state index contributed by atoms with van der Waals surface area (Å²) in [4.78, 5) is 2.21. The van der Waals surface area contributed by atoms with Crippen molar-refractivity contribution in [2.45, 2.75) is 31.8 Å². The number of nitrogens with one attached hydrogen (secondary N) is 1. The van der Waals surface area contributed by atoms with Gasteiger partial charge in [0.1, 0.15) is 11.5 Å². The number of likely N-dealkylation sites (N-methyl/N-ethyl adjacent to an activating group) is 1. The molecule has 3 unspecified atom stereocenters. The van der Waals surface area contributed by atoms with Crippen molar-refractivity contribution in [3.8, 4) is 0 Å². The fourth-order valence-electron chi connectivity index (χ4n) is 2.97. The van der Waals surface area contributed by atoms with Gasteiger partial charge in [0.05, 0.1) is 6.54 Å². The lowest BCUT2D eigenvalue weighted by Crippen LogP contribution is -2.30. The van der Waals surface area contributed by atoms with Gasteiger partial charge >= 0.3 is 0 Å². The van der Waals surface area contributed by atoms with Gasteiger partial charge in [0.15, 0.2) is 0 Å². The van der Waals surface area contributed by atoms with Gasteiger partial charge in [0, 0.05) is 18.5 Å². The third kappa shape index (κ3) is 3.79. The Morgan fingerprint density at radius 3 is 2.55 bits per heavy atom. The van der Waals surface area contributed by atoms with Crippen LogP contribution in [0.1, 0.15) is 42.4 Å². The molecule has 1 aromatic heterocycles. The lowest BCUT2D eigenvalue weighted by Gasteiger charge is -2.22. The molecule has 3 nitrogen and oxygen atoms in total. The third-order valence-electron chi connectivity index (χ3n) is 4.43. The Morgan fingerprint density at radius 1 is 1.18 bits per heavy atom. The zero-order valence-corrected chi connectivity index (χ0v) is 13.8. The third-order valence-corrected chi connectivity index (χ3v) is 4.43. The molecule has 0 saturated heterocycles. The number of hydrogen-bond acceptors (Lipinski definition) is 3. The lowest BCUT2D eigenvalue weighted by atomic mass is 10.1. The molecule has 0 amide bonds. The van der Waals surface area contributed by atoms with Crippen molar-refractivity contribution >= 4 is 0 Å². The van der Waals surface area contributed by atoms with Crippen LogP contribution in [0.5, 0.6) is 0 Å². The molecular formula is C19H26N2O. The summed E-state index contributed by atoms with van der Waals surface area (Å²) in [5.74, 6) is 3.64. The fraction of sp³-hybridized carbons (Fsp3) is 0.474. The van der Waals surface area contributed by atoms with Gasteiger partial charge in [-0.2, -0.15) is 0 Å². The molecule has 3 heteroatoms. The largest absolute Gasteiger partial charge is 0.464 e. The van der Waals surface area contributed by atoms with Crippen LogP contribution in [0.4, 0.5) is 0 Å². The van der Waals surface area contributed by atoms with Gasteiger partial charge in [0.2, 0.25) is 0 Å². The van der Waals surface area contributed by atoms with Crippen LogP contribution >= 0.6 is 0 Å². The first kappa shape index (κ1) is 15.3. The second-order valence-corrected chi connectivity index (χ2v) is 6.73. The van der Waals surface area contributed by atoms with Crippen LogP contribution in [0.2, 0.25) is 0 Å². The first-order chi connectivity index (χ1) is 10.6. The summed E-state index contributed by atoms with van der Waals surface area (Å²) in [6, 6.07) is 15.2. The standard InChI is InChI=1S/C19H26N2O/c1-14-11-17(14)19-10-9-16(22-19)12-20-18(13-21(2)3)15-7-5-4-6-8-15/h4-10,14,17-18,20H,11-13H2,1-3H3. The molecule has 1 heterocycles. The first-order valence-corrected chi connectivity index (χ1v) is 8.15. The number of nitrogens with zero attached hydrogens (tertiary/aromatic N) is 1. The van der Waals surface area contributed by atoms with Gasteiger partial charge in [0.25, 0.3) is 0 Å². The summed E-state index contributed by atoms with van der Waals surface area (Å²) >= 11 is 0. The van der Waals surface area contributed by atoms with Crippen LogP contribution in [-0.2, 0) is 6.54 Å². The molecule has 1 aliphatic rings. The monoisotopic (exact) mass is 298 g/mol. The molecular weight excluding hydrogens is 272 g/mol. The molecule has 0 aliphatic heterocycles. The van der Waals surface area contributed by atoms with Crippen LogP contribution in [0.15, 0.2) is 46.9 Å². The molecule has 1 saturated carbocycles. The van der Waals surface area contributed by atoms with E-state index in [-0.39, 0.29) is 0 Å². The van der Waals surface area contributed by atoms with Crippen molar-refractivity contribution in [3.63, 3.8) is 0 Å². The maximum atomic E-state index is 5.99. The van der Waals surface area contributed by atoms with Crippen molar-refractivity contribution in [2.75, 3.05) is 20.6 Å². The Hall–Kier alpha value is -1.58. The highest BCUT2D eigenvalue weighted by Gasteiger charge is 2.36. The van der Waals surface area contributed by atoms with Crippen molar-refractivity contribution in [1.29, 1.82) is 0 Å². The van der Waals surface area contributed by atoms with E-state index in [2.05, 4.69) is 73.7 Å². The topological polar surface area (TPSA) is 28.4 Å². The van der Waals surface area contributed by atoms with Crippen LogP contribution in [0.3, 0.4) is 0 Å². The number of rotatable bonds is 7. The minimum absolute atomic E-state index is 0.310. The van der Waals surface area contributed by atoms with Gasteiger partial charge in [-0.1, -0.05) is 37.3 Å². The summed E-state index contributed by atoms with van der Waals surface area (Å²) in [7, 11) is 4.22. The maximum Gasteiger partial charge on any atom is 0.117 e. The Kier molecular flexibility index (Phi) is 4.65. The molecule has 1 aromatic carbocycles. The van der Waals surface area contributed by atoms with E-state index in [9.17, 15) is 0 Å². The minimum Gasteiger partial charge on any atom is -0.464 e. The van der Waals surface area contributed by atoms with E-state index in [0.29, 0.717) is 12.0 Å². The maximum absolute atomic E-state index is 5.99. The Morgan fingerprint density at radius 2 is 1.91 bits per heavy atom. The van der Waals surface area contributed by atoms with Gasteiger partial charge in [-0.15, -0.1) is 0 Å². The summed E-state index contributed by atoms with van der Waals surface area (Å²) < 4.78 is 5.99. The fourth-order valence-corrected chi connectivity index (χ4v) is 2.97. The number of hydrogen-bond donors (Lipinski definition) is 1. The molecule has 1 N–H and O–H groups in total. The predicted molar refractivity (Wildman–Crippen MR) is 89.8 cm³/mol. The highest BCUT2D eigenvalue weighted by atomic mass is 16.3. The summed E-state index contributed by atoms with van der Waals surface area (Å²) in [6.07, 6.45) is 1.27. The van der Waals surface area contributed by atoms with Crippen molar-refractivity contribution in [2.24, 2.45) is 5.92 Å². The van der Waals surface area contributed by atoms with E-state index in [1.807, 2.05) is 0 Å². The molecule has 1 fully saturated rings. The quantitative estimate of drug-likeness (QED) is 0.843. The average Bonchev–Trinajstić information content (AvgIpc) is 3.06. The number of benzene rings is 1. The van der Waals surface area contributed by atoms with Crippen molar-refractivity contribution in [3.05, 3.63) is 59.5 Å². The molecule has 118 valence electrons. The van der Waals surface area contributed by atoms with Crippen LogP contribution < -0.4 is 5.32 Å². The highest BCUT2D eigenvalue weighted by molar-refractivity contribution is 5.20. The second-order valence-electron chi connectivity index (χ2n) is 6.73.